The van der Waals surface area contributed by atoms with Crippen molar-refractivity contribution in [2.24, 2.45) is 5.92 Å². The van der Waals surface area contributed by atoms with E-state index in [1.807, 2.05) is 13.8 Å². The fourth-order valence-corrected chi connectivity index (χ4v) is 6.58. The number of hydrogen-bond donors (Lipinski definition) is 1. The van der Waals surface area contributed by atoms with Crippen LogP contribution in [0.4, 0.5) is 5.13 Å². The Morgan fingerprint density at radius 2 is 2.03 bits per heavy atom. The Labute approximate surface area is 203 Å². The van der Waals surface area contributed by atoms with Crippen molar-refractivity contribution in [2.75, 3.05) is 25.6 Å². The second-order valence-electron chi connectivity index (χ2n) is 9.39. The zero-order valence-corrected chi connectivity index (χ0v) is 21.3. The Hall–Kier alpha value is -2.08. The molecule has 4 rings (SSSR count). The van der Waals surface area contributed by atoms with Gasteiger partial charge in [0.15, 0.2) is 15.0 Å². The number of sulfone groups is 1. The second-order valence-corrected chi connectivity index (χ2v) is 12.7. The summed E-state index contributed by atoms with van der Waals surface area (Å²) in [6.07, 6.45) is 6.40. The van der Waals surface area contributed by atoms with E-state index >= 15 is 0 Å². The molecule has 1 atom stereocenters. The number of ether oxygens (including phenoxy) is 2. The standard InChI is InChI=1S/C23H31N3O6S2/c1-23(2,31-3)19-14-24-22(33-19)25-21(28)18(12-15-7-10-32-11-8-15)26-9-6-17(13-20(26)27)34(29,30)16-4-5-16/h6,9,13-16,18H,4-5,7-8,10-12H2,1-3H3,(H,24,25,28)/t18-/m1/s1. The molecule has 2 aromatic heterocycles. The van der Waals surface area contributed by atoms with Crippen LogP contribution in [0.5, 0.6) is 0 Å². The predicted molar refractivity (Wildman–Crippen MR) is 129 cm³/mol. The second kappa shape index (κ2) is 9.88. The number of nitrogens with one attached hydrogen (secondary N) is 1. The summed E-state index contributed by atoms with van der Waals surface area (Å²) in [6, 6.07) is 1.78. The maximum Gasteiger partial charge on any atom is 0.252 e. The molecular weight excluding hydrogens is 478 g/mol. The van der Waals surface area contributed by atoms with Gasteiger partial charge < -0.3 is 19.4 Å². The quantitative estimate of drug-likeness (QED) is 0.552. The first kappa shape index (κ1) is 25.0. The average molecular weight is 510 g/mol. The minimum absolute atomic E-state index is 0.0211. The Bertz CT molecular complexity index is 1190. The smallest absolute Gasteiger partial charge is 0.252 e. The molecular formula is C23H31N3O6S2. The lowest BCUT2D eigenvalue weighted by Gasteiger charge is -2.27. The number of pyridine rings is 1. The highest BCUT2D eigenvalue weighted by Crippen LogP contribution is 2.34. The van der Waals surface area contributed by atoms with Crippen LogP contribution >= 0.6 is 11.3 Å². The molecule has 1 saturated heterocycles. The van der Waals surface area contributed by atoms with E-state index in [1.54, 1.807) is 13.3 Å². The van der Waals surface area contributed by atoms with Gasteiger partial charge >= 0.3 is 0 Å². The average Bonchev–Trinajstić information content (AvgIpc) is 3.58. The van der Waals surface area contributed by atoms with Crippen LogP contribution in [0, 0.1) is 5.92 Å². The van der Waals surface area contributed by atoms with Crippen LogP contribution in [-0.2, 0) is 29.7 Å². The van der Waals surface area contributed by atoms with Gasteiger partial charge in [-0.15, -0.1) is 0 Å². The topological polar surface area (TPSA) is 117 Å². The molecule has 0 bridgehead atoms. The van der Waals surface area contributed by atoms with Crippen molar-refractivity contribution in [3.8, 4) is 0 Å². The largest absolute Gasteiger partial charge is 0.381 e. The number of carbonyl (C=O) groups excluding carboxylic acids is 1. The molecule has 1 amide bonds. The third-order valence-corrected chi connectivity index (χ3v) is 10.1. The Morgan fingerprint density at radius 1 is 1.32 bits per heavy atom. The van der Waals surface area contributed by atoms with Gasteiger partial charge in [-0.05, 0) is 57.9 Å². The maximum absolute atomic E-state index is 13.4. The fraction of sp³-hybridized carbons (Fsp3) is 0.609. The molecule has 11 heteroatoms. The van der Waals surface area contributed by atoms with Crippen LogP contribution in [0.3, 0.4) is 0 Å². The molecule has 0 unspecified atom stereocenters. The van der Waals surface area contributed by atoms with Gasteiger partial charge in [-0.2, -0.15) is 0 Å². The third-order valence-electron chi connectivity index (χ3n) is 6.59. The molecule has 2 aromatic rings. The number of rotatable bonds is 9. The van der Waals surface area contributed by atoms with Crippen molar-refractivity contribution in [1.82, 2.24) is 9.55 Å². The van der Waals surface area contributed by atoms with Crippen molar-refractivity contribution in [2.45, 2.75) is 67.7 Å². The van der Waals surface area contributed by atoms with Crippen LogP contribution in [-0.4, -0.2) is 49.4 Å². The van der Waals surface area contributed by atoms with Crippen molar-refractivity contribution in [3.05, 3.63) is 39.8 Å². The zero-order valence-electron chi connectivity index (χ0n) is 19.7. The van der Waals surface area contributed by atoms with Gasteiger partial charge in [0.2, 0.25) is 5.91 Å². The highest BCUT2D eigenvalue weighted by Gasteiger charge is 2.37. The van der Waals surface area contributed by atoms with Crippen molar-refractivity contribution in [3.63, 3.8) is 0 Å². The first-order valence-electron chi connectivity index (χ1n) is 11.5. The molecule has 34 heavy (non-hydrogen) atoms. The summed E-state index contributed by atoms with van der Waals surface area (Å²) in [4.78, 5) is 31.6. The molecule has 0 aromatic carbocycles. The molecule has 1 aliphatic carbocycles. The molecule has 1 saturated carbocycles. The van der Waals surface area contributed by atoms with E-state index in [1.165, 1.54) is 28.2 Å². The van der Waals surface area contributed by atoms with E-state index in [4.69, 9.17) is 9.47 Å². The number of amides is 1. The van der Waals surface area contributed by atoms with Crippen LogP contribution in [0.2, 0.25) is 0 Å². The number of carbonyl (C=O) groups is 1. The van der Waals surface area contributed by atoms with E-state index in [-0.39, 0.29) is 16.7 Å². The molecule has 186 valence electrons. The van der Waals surface area contributed by atoms with Gasteiger partial charge in [0.05, 0.1) is 20.6 Å². The fourth-order valence-electron chi connectivity index (χ4n) is 4.02. The van der Waals surface area contributed by atoms with Gasteiger partial charge in [0, 0.05) is 38.8 Å². The molecule has 1 aliphatic heterocycles. The molecule has 3 heterocycles. The molecule has 2 fully saturated rings. The minimum atomic E-state index is -3.49. The van der Waals surface area contributed by atoms with Gasteiger partial charge in [0.1, 0.15) is 6.04 Å². The number of methoxy groups -OCH3 is 1. The van der Waals surface area contributed by atoms with Crippen molar-refractivity contribution >= 4 is 32.2 Å². The Balaban J connectivity index is 1.60. The third kappa shape index (κ3) is 5.42. The van der Waals surface area contributed by atoms with Crippen LogP contribution in [0.15, 0.2) is 34.2 Å². The lowest BCUT2D eigenvalue weighted by Crippen LogP contribution is -2.35. The van der Waals surface area contributed by atoms with E-state index in [0.29, 0.717) is 37.6 Å². The summed E-state index contributed by atoms with van der Waals surface area (Å²) < 4.78 is 37.4. The summed E-state index contributed by atoms with van der Waals surface area (Å²) in [5, 5.41) is 2.87. The van der Waals surface area contributed by atoms with E-state index in [0.717, 1.165) is 23.8 Å². The lowest BCUT2D eigenvalue weighted by molar-refractivity contribution is -0.120. The van der Waals surface area contributed by atoms with Gasteiger partial charge in [0.25, 0.3) is 5.56 Å². The number of anilines is 1. The summed E-state index contributed by atoms with van der Waals surface area (Å²) in [6.45, 7) is 5.07. The van der Waals surface area contributed by atoms with Gasteiger partial charge in [-0.25, -0.2) is 13.4 Å². The molecule has 1 N–H and O–H groups in total. The van der Waals surface area contributed by atoms with Gasteiger partial charge in [-0.1, -0.05) is 11.3 Å². The highest BCUT2D eigenvalue weighted by atomic mass is 32.2. The van der Waals surface area contributed by atoms with Gasteiger partial charge in [-0.3, -0.25) is 9.59 Å². The number of aromatic nitrogens is 2. The normalized spacial score (nSPS) is 18.6. The molecule has 0 radical (unpaired) electrons. The summed E-state index contributed by atoms with van der Waals surface area (Å²) in [5.74, 6) is -0.145. The Morgan fingerprint density at radius 3 is 2.65 bits per heavy atom. The van der Waals surface area contributed by atoms with E-state index < -0.39 is 32.3 Å². The number of nitrogens with zero attached hydrogens (tertiary/aromatic N) is 2. The van der Waals surface area contributed by atoms with Crippen LogP contribution in [0.25, 0.3) is 0 Å². The van der Waals surface area contributed by atoms with Crippen LogP contribution < -0.4 is 10.9 Å². The first-order chi connectivity index (χ1) is 16.1. The Kier molecular flexibility index (Phi) is 7.28. The van der Waals surface area contributed by atoms with Crippen LogP contribution in [0.1, 0.15) is 56.9 Å². The lowest BCUT2D eigenvalue weighted by atomic mass is 9.92. The van der Waals surface area contributed by atoms with E-state index in [9.17, 15) is 18.0 Å². The number of hydrogen-bond acceptors (Lipinski definition) is 8. The highest BCUT2D eigenvalue weighted by molar-refractivity contribution is 7.92. The minimum Gasteiger partial charge on any atom is -0.381 e. The summed E-state index contributed by atoms with van der Waals surface area (Å²) in [7, 11) is -1.88. The molecule has 0 spiro atoms. The maximum atomic E-state index is 13.4. The van der Waals surface area contributed by atoms with Crippen molar-refractivity contribution < 1.29 is 22.7 Å². The van der Waals surface area contributed by atoms with Crippen molar-refractivity contribution in [1.29, 1.82) is 0 Å². The summed E-state index contributed by atoms with van der Waals surface area (Å²) in [5.41, 5.74) is -1.05. The zero-order chi connectivity index (χ0) is 24.5. The molecule has 2 aliphatic rings. The SMILES string of the molecule is COC(C)(C)c1cnc(NC(=O)[C@@H](CC2CCOCC2)n2ccc(S(=O)(=O)C3CC3)cc2=O)s1. The predicted octanol–water partition coefficient (Wildman–Crippen LogP) is 3.12. The van der Waals surface area contributed by atoms with E-state index in [2.05, 4.69) is 10.3 Å². The molecule has 9 nitrogen and oxygen atoms in total. The first-order valence-corrected chi connectivity index (χ1v) is 13.8. The number of thiazole rings is 1. The summed E-state index contributed by atoms with van der Waals surface area (Å²) >= 11 is 1.32. The monoisotopic (exact) mass is 509 g/mol.